The van der Waals surface area contributed by atoms with Gasteiger partial charge < -0.3 is 15.0 Å². The molecule has 1 aliphatic rings. The van der Waals surface area contributed by atoms with Crippen LogP contribution in [0, 0.1) is 5.92 Å². The predicted molar refractivity (Wildman–Crippen MR) is 83.3 cm³/mol. The number of nitrogens with one attached hydrogen (secondary N) is 1. The molecule has 0 bridgehead atoms. The van der Waals surface area contributed by atoms with E-state index in [1.807, 2.05) is 19.1 Å². The normalized spacial score (nSPS) is 18.5. The maximum absolute atomic E-state index is 12.2. The average molecular weight is 291 g/mol. The number of carbonyl (C=O) groups is 1. The molecule has 0 spiro atoms. The van der Waals surface area contributed by atoms with Crippen LogP contribution in [0.4, 0.5) is 5.69 Å². The van der Waals surface area contributed by atoms with Gasteiger partial charge in [-0.2, -0.15) is 0 Å². The molecule has 2 rings (SSSR count). The molecule has 0 aliphatic carbocycles. The van der Waals surface area contributed by atoms with Crippen molar-refractivity contribution in [3.8, 4) is 0 Å². The second-order valence-corrected chi connectivity index (χ2v) is 5.33. The minimum Gasteiger partial charge on any atom is -0.382 e. The molecule has 0 radical (unpaired) electrons. The van der Waals surface area contributed by atoms with E-state index in [4.69, 9.17) is 4.74 Å². The third kappa shape index (κ3) is 5.01. The number of anilines is 1. The molecular formula is C16H25N3O2. The number of hydrogen-bond donors (Lipinski definition) is 1. The largest absolute Gasteiger partial charge is 0.382 e. The van der Waals surface area contributed by atoms with Crippen molar-refractivity contribution >= 4 is 11.6 Å². The third-order valence-corrected chi connectivity index (χ3v) is 3.79. The monoisotopic (exact) mass is 291 g/mol. The number of nitrogens with zero attached hydrogens (tertiary/aromatic N) is 2. The van der Waals surface area contributed by atoms with E-state index in [0.717, 1.165) is 44.6 Å². The van der Waals surface area contributed by atoms with Crippen LogP contribution in [-0.2, 0) is 9.53 Å². The molecule has 2 heterocycles. The van der Waals surface area contributed by atoms with E-state index in [1.165, 1.54) is 0 Å². The summed E-state index contributed by atoms with van der Waals surface area (Å²) in [4.78, 5) is 18.5. The van der Waals surface area contributed by atoms with Gasteiger partial charge in [0.1, 0.15) is 0 Å². The Balaban J connectivity index is 1.76. The summed E-state index contributed by atoms with van der Waals surface area (Å²) in [7, 11) is 0. The van der Waals surface area contributed by atoms with Crippen molar-refractivity contribution in [1.82, 2.24) is 10.3 Å². The lowest BCUT2D eigenvalue weighted by atomic mass is 9.96. The first-order chi connectivity index (χ1) is 10.3. The van der Waals surface area contributed by atoms with Crippen LogP contribution in [0.2, 0.25) is 0 Å². The van der Waals surface area contributed by atoms with Crippen LogP contribution in [-0.4, -0.2) is 43.7 Å². The van der Waals surface area contributed by atoms with Crippen LogP contribution in [0.1, 0.15) is 26.2 Å². The van der Waals surface area contributed by atoms with Gasteiger partial charge in [-0.25, -0.2) is 0 Å². The van der Waals surface area contributed by atoms with Gasteiger partial charge in [0, 0.05) is 50.9 Å². The Morgan fingerprint density at radius 1 is 1.48 bits per heavy atom. The summed E-state index contributed by atoms with van der Waals surface area (Å²) >= 11 is 0. The molecule has 0 aromatic carbocycles. The van der Waals surface area contributed by atoms with E-state index >= 15 is 0 Å². The molecule has 116 valence electrons. The zero-order valence-corrected chi connectivity index (χ0v) is 12.8. The summed E-state index contributed by atoms with van der Waals surface area (Å²) in [5, 5.41) is 3.03. The van der Waals surface area contributed by atoms with Crippen molar-refractivity contribution in [1.29, 1.82) is 0 Å². The van der Waals surface area contributed by atoms with E-state index in [0.29, 0.717) is 13.2 Å². The molecule has 1 atom stereocenters. The quantitative estimate of drug-likeness (QED) is 0.779. The zero-order valence-electron chi connectivity index (χ0n) is 12.8. The fourth-order valence-corrected chi connectivity index (χ4v) is 2.66. The summed E-state index contributed by atoms with van der Waals surface area (Å²) < 4.78 is 5.27. The van der Waals surface area contributed by atoms with Gasteiger partial charge in [0.2, 0.25) is 5.91 Å². The molecule has 5 heteroatoms. The number of hydrogen-bond acceptors (Lipinski definition) is 4. The molecule has 1 unspecified atom stereocenters. The van der Waals surface area contributed by atoms with E-state index in [1.54, 1.807) is 12.4 Å². The van der Waals surface area contributed by atoms with Crippen molar-refractivity contribution in [2.45, 2.75) is 26.2 Å². The first kappa shape index (κ1) is 15.8. The zero-order chi connectivity index (χ0) is 14.9. The van der Waals surface area contributed by atoms with Gasteiger partial charge in [0.15, 0.2) is 0 Å². The second kappa shape index (κ2) is 8.62. The second-order valence-electron chi connectivity index (χ2n) is 5.33. The van der Waals surface area contributed by atoms with Crippen molar-refractivity contribution in [3.05, 3.63) is 24.5 Å². The fraction of sp³-hybridized carbons (Fsp3) is 0.625. The number of pyridine rings is 1. The van der Waals surface area contributed by atoms with Gasteiger partial charge in [-0.05, 0) is 38.3 Å². The molecule has 0 saturated carbocycles. The molecular weight excluding hydrogens is 266 g/mol. The molecule has 1 N–H and O–H groups in total. The smallest absolute Gasteiger partial charge is 0.224 e. The van der Waals surface area contributed by atoms with Crippen molar-refractivity contribution in [3.63, 3.8) is 0 Å². The number of carbonyl (C=O) groups excluding carboxylic acids is 1. The Labute approximate surface area is 126 Å². The van der Waals surface area contributed by atoms with E-state index < -0.39 is 0 Å². The lowest BCUT2D eigenvalue weighted by Gasteiger charge is -2.33. The number of ether oxygens (including phenoxy) is 1. The highest BCUT2D eigenvalue weighted by atomic mass is 16.5. The summed E-state index contributed by atoms with van der Waals surface area (Å²) in [5.41, 5.74) is 1.15. The van der Waals surface area contributed by atoms with Crippen LogP contribution in [0.5, 0.6) is 0 Å². The number of amides is 1. The van der Waals surface area contributed by atoms with Gasteiger partial charge in [-0.15, -0.1) is 0 Å². The molecule has 1 amide bonds. The maximum atomic E-state index is 12.2. The van der Waals surface area contributed by atoms with E-state index in [9.17, 15) is 4.79 Å². The lowest BCUT2D eigenvalue weighted by Crippen LogP contribution is -2.43. The molecule has 1 saturated heterocycles. The fourth-order valence-electron chi connectivity index (χ4n) is 2.66. The van der Waals surface area contributed by atoms with Crippen LogP contribution in [0.3, 0.4) is 0 Å². The predicted octanol–water partition coefficient (Wildman–Crippen LogP) is 1.84. The minimum atomic E-state index is 0.0824. The van der Waals surface area contributed by atoms with E-state index in [2.05, 4.69) is 15.2 Å². The van der Waals surface area contributed by atoms with Gasteiger partial charge in [-0.3, -0.25) is 9.78 Å². The molecule has 5 nitrogen and oxygen atoms in total. The maximum Gasteiger partial charge on any atom is 0.224 e. The Kier molecular flexibility index (Phi) is 6.47. The molecule has 1 aliphatic heterocycles. The number of rotatable bonds is 7. The van der Waals surface area contributed by atoms with Gasteiger partial charge >= 0.3 is 0 Å². The Hall–Kier alpha value is -1.62. The van der Waals surface area contributed by atoms with Crippen LogP contribution < -0.4 is 10.2 Å². The number of piperidine rings is 1. The van der Waals surface area contributed by atoms with Crippen LogP contribution >= 0.6 is 0 Å². The highest BCUT2D eigenvalue weighted by molar-refractivity contribution is 5.79. The standard InChI is InChI=1S/C16H25N3O2/c1-2-21-12-4-8-18-16(20)14-5-3-11-19(13-14)15-6-9-17-10-7-15/h6-7,9-10,14H,2-5,8,11-13H2,1H3,(H,18,20). The number of aromatic nitrogens is 1. The third-order valence-electron chi connectivity index (χ3n) is 3.79. The minimum absolute atomic E-state index is 0.0824. The topological polar surface area (TPSA) is 54.5 Å². The van der Waals surface area contributed by atoms with Gasteiger partial charge in [0.05, 0.1) is 5.92 Å². The Morgan fingerprint density at radius 2 is 2.29 bits per heavy atom. The van der Waals surface area contributed by atoms with Gasteiger partial charge in [-0.1, -0.05) is 0 Å². The first-order valence-electron chi connectivity index (χ1n) is 7.81. The molecule has 1 aromatic rings. The van der Waals surface area contributed by atoms with Crippen LogP contribution in [0.25, 0.3) is 0 Å². The van der Waals surface area contributed by atoms with Crippen LogP contribution in [0.15, 0.2) is 24.5 Å². The Morgan fingerprint density at radius 3 is 3.05 bits per heavy atom. The van der Waals surface area contributed by atoms with Gasteiger partial charge in [0.25, 0.3) is 0 Å². The Bertz CT molecular complexity index is 425. The van der Waals surface area contributed by atoms with Crippen molar-refractivity contribution < 1.29 is 9.53 Å². The molecule has 1 fully saturated rings. The summed E-state index contributed by atoms with van der Waals surface area (Å²) in [6.45, 7) is 5.93. The lowest BCUT2D eigenvalue weighted by molar-refractivity contribution is -0.125. The summed E-state index contributed by atoms with van der Waals surface area (Å²) in [6.07, 6.45) is 6.50. The average Bonchev–Trinajstić information content (AvgIpc) is 2.55. The highest BCUT2D eigenvalue weighted by Gasteiger charge is 2.25. The first-order valence-corrected chi connectivity index (χ1v) is 7.81. The molecule has 21 heavy (non-hydrogen) atoms. The summed E-state index contributed by atoms with van der Waals surface area (Å²) in [6, 6.07) is 4.00. The molecule has 1 aromatic heterocycles. The van der Waals surface area contributed by atoms with Crippen molar-refractivity contribution in [2.75, 3.05) is 37.7 Å². The SMILES string of the molecule is CCOCCCNC(=O)C1CCCN(c2ccncc2)C1. The highest BCUT2D eigenvalue weighted by Crippen LogP contribution is 2.22. The van der Waals surface area contributed by atoms with E-state index in [-0.39, 0.29) is 11.8 Å². The summed E-state index contributed by atoms with van der Waals surface area (Å²) in [5.74, 6) is 0.254. The van der Waals surface area contributed by atoms with Crippen molar-refractivity contribution in [2.24, 2.45) is 5.92 Å².